The minimum atomic E-state index is 0.395. The van der Waals surface area contributed by atoms with Crippen molar-refractivity contribution in [1.29, 1.82) is 0 Å². The van der Waals surface area contributed by atoms with Crippen molar-refractivity contribution in [3.8, 4) is 0 Å². The van der Waals surface area contributed by atoms with Crippen molar-refractivity contribution in [2.75, 3.05) is 13.6 Å². The zero-order chi connectivity index (χ0) is 11.3. The van der Waals surface area contributed by atoms with Gasteiger partial charge < -0.3 is 5.32 Å². The van der Waals surface area contributed by atoms with Gasteiger partial charge in [-0.2, -0.15) is 0 Å². The third-order valence-electron chi connectivity index (χ3n) is 4.04. The molecular weight excluding hydrogens is 182 g/mol. The molecule has 15 heavy (non-hydrogen) atoms. The van der Waals surface area contributed by atoms with E-state index in [0.717, 1.165) is 6.54 Å². The van der Waals surface area contributed by atoms with Crippen molar-refractivity contribution in [3.05, 3.63) is 23.8 Å². The van der Waals surface area contributed by atoms with Crippen LogP contribution in [0.2, 0.25) is 0 Å². The molecule has 2 atom stereocenters. The van der Waals surface area contributed by atoms with Gasteiger partial charge in [0, 0.05) is 6.54 Å². The maximum Gasteiger partial charge on any atom is 0.000770 e. The predicted molar refractivity (Wildman–Crippen MR) is 67.9 cm³/mol. The minimum Gasteiger partial charge on any atom is -0.319 e. The zero-order valence-electron chi connectivity index (χ0n) is 10.6. The Morgan fingerprint density at radius 2 is 2.27 bits per heavy atom. The van der Waals surface area contributed by atoms with Gasteiger partial charge in [0.15, 0.2) is 0 Å². The molecule has 0 aromatic carbocycles. The van der Waals surface area contributed by atoms with Crippen molar-refractivity contribution in [2.45, 2.75) is 40.0 Å². The molecule has 0 fully saturated rings. The predicted octanol–water partition coefficient (Wildman–Crippen LogP) is 3.53. The topological polar surface area (TPSA) is 12.0 Å². The quantitative estimate of drug-likeness (QED) is 0.727. The van der Waals surface area contributed by atoms with Crippen LogP contribution in [-0.4, -0.2) is 13.6 Å². The second-order valence-corrected chi connectivity index (χ2v) is 4.97. The summed E-state index contributed by atoms with van der Waals surface area (Å²) in [5.74, 6) is 0.680. The lowest BCUT2D eigenvalue weighted by atomic mass is 9.71. The molecule has 0 bridgehead atoms. The standard InChI is InChI=1S/C14H25N/c1-5-14(3,11-15-4)12(2)13-9-7-6-8-10-13/h6-7,9,12,15H,5,8,10-11H2,1-4H3. The Hall–Kier alpha value is -0.560. The van der Waals surface area contributed by atoms with E-state index in [0.29, 0.717) is 11.3 Å². The minimum absolute atomic E-state index is 0.395. The van der Waals surface area contributed by atoms with Gasteiger partial charge in [-0.25, -0.2) is 0 Å². The van der Waals surface area contributed by atoms with Crippen LogP contribution in [0.4, 0.5) is 0 Å². The van der Waals surface area contributed by atoms with Crippen molar-refractivity contribution in [3.63, 3.8) is 0 Å². The second-order valence-electron chi connectivity index (χ2n) is 4.97. The summed E-state index contributed by atoms with van der Waals surface area (Å²) in [6.07, 6.45) is 10.5. The molecule has 2 unspecified atom stereocenters. The Labute approximate surface area is 94.6 Å². The van der Waals surface area contributed by atoms with E-state index in [1.807, 2.05) is 0 Å². The molecule has 1 heteroatoms. The number of rotatable bonds is 5. The van der Waals surface area contributed by atoms with E-state index < -0.39 is 0 Å². The van der Waals surface area contributed by atoms with Gasteiger partial charge in [0.05, 0.1) is 0 Å². The van der Waals surface area contributed by atoms with Gasteiger partial charge in [0.25, 0.3) is 0 Å². The van der Waals surface area contributed by atoms with E-state index in [4.69, 9.17) is 0 Å². The third kappa shape index (κ3) is 2.94. The molecule has 1 aliphatic rings. The lowest BCUT2D eigenvalue weighted by molar-refractivity contribution is 0.214. The number of nitrogens with one attached hydrogen (secondary N) is 1. The Balaban J connectivity index is 2.75. The summed E-state index contributed by atoms with van der Waals surface area (Å²) < 4.78 is 0. The normalized spacial score (nSPS) is 22.0. The molecule has 0 aromatic heterocycles. The molecule has 0 aromatic rings. The van der Waals surface area contributed by atoms with Crippen molar-refractivity contribution < 1.29 is 0 Å². The summed E-state index contributed by atoms with van der Waals surface area (Å²) in [7, 11) is 2.05. The Bertz CT molecular complexity index is 252. The molecular formula is C14H25N. The van der Waals surface area contributed by atoms with Crippen LogP contribution in [0, 0.1) is 11.3 Å². The molecule has 0 heterocycles. The van der Waals surface area contributed by atoms with Crippen LogP contribution in [-0.2, 0) is 0 Å². The van der Waals surface area contributed by atoms with Crippen LogP contribution in [0.25, 0.3) is 0 Å². The first-order valence-corrected chi connectivity index (χ1v) is 6.14. The summed E-state index contributed by atoms with van der Waals surface area (Å²) in [6.45, 7) is 8.18. The molecule has 0 radical (unpaired) electrons. The van der Waals surface area contributed by atoms with Crippen LogP contribution in [0.1, 0.15) is 40.0 Å². The molecule has 1 nitrogen and oxygen atoms in total. The van der Waals surface area contributed by atoms with Gasteiger partial charge in [0.2, 0.25) is 0 Å². The van der Waals surface area contributed by atoms with Crippen LogP contribution in [0.15, 0.2) is 23.8 Å². The highest BCUT2D eigenvalue weighted by Gasteiger charge is 2.30. The first-order valence-electron chi connectivity index (χ1n) is 6.14. The molecule has 1 N–H and O–H groups in total. The molecule has 0 saturated carbocycles. The zero-order valence-corrected chi connectivity index (χ0v) is 10.6. The fourth-order valence-corrected chi connectivity index (χ4v) is 2.42. The average molecular weight is 207 g/mol. The molecule has 0 spiro atoms. The van der Waals surface area contributed by atoms with Crippen LogP contribution in [0.5, 0.6) is 0 Å². The fraction of sp³-hybridized carbons (Fsp3) is 0.714. The molecule has 1 rings (SSSR count). The Morgan fingerprint density at radius 1 is 1.53 bits per heavy atom. The number of allylic oxidation sites excluding steroid dienone is 4. The highest BCUT2D eigenvalue weighted by molar-refractivity contribution is 5.21. The summed E-state index contributed by atoms with van der Waals surface area (Å²) in [5, 5.41) is 3.33. The first kappa shape index (κ1) is 12.5. The van der Waals surface area contributed by atoms with Gasteiger partial charge in [-0.05, 0) is 37.6 Å². The lowest BCUT2D eigenvalue weighted by Crippen LogP contribution is -2.36. The molecule has 0 aliphatic heterocycles. The highest BCUT2D eigenvalue weighted by Crippen LogP contribution is 2.37. The molecule has 0 amide bonds. The van der Waals surface area contributed by atoms with Crippen LogP contribution < -0.4 is 5.32 Å². The van der Waals surface area contributed by atoms with Gasteiger partial charge >= 0.3 is 0 Å². The Kier molecular flexibility index (Phi) is 4.59. The first-order chi connectivity index (χ1) is 7.14. The van der Waals surface area contributed by atoms with E-state index in [1.54, 1.807) is 5.57 Å². The molecule has 86 valence electrons. The van der Waals surface area contributed by atoms with Crippen LogP contribution >= 0.6 is 0 Å². The summed E-state index contributed by atoms with van der Waals surface area (Å²) >= 11 is 0. The summed E-state index contributed by atoms with van der Waals surface area (Å²) in [5.41, 5.74) is 2.02. The third-order valence-corrected chi connectivity index (χ3v) is 4.04. The van der Waals surface area contributed by atoms with Crippen LogP contribution in [0.3, 0.4) is 0 Å². The largest absolute Gasteiger partial charge is 0.319 e. The highest BCUT2D eigenvalue weighted by atomic mass is 14.8. The van der Waals surface area contributed by atoms with E-state index in [-0.39, 0.29) is 0 Å². The summed E-state index contributed by atoms with van der Waals surface area (Å²) in [6, 6.07) is 0. The van der Waals surface area contributed by atoms with Gasteiger partial charge in [0.1, 0.15) is 0 Å². The second kappa shape index (κ2) is 5.50. The molecule has 0 saturated heterocycles. The van der Waals surface area contributed by atoms with E-state index in [1.165, 1.54) is 19.3 Å². The molecule has 1 aliphatic carbocycles. The number of hydrogen-bond acceptors (Lipinski definition) is 1. The van der Waals surface area contributed by atoms with Gasteiger partial charge in [-0.3, -0.25) is 0 Å². The van der Waals surface area contributed by atoms with E-state index >= 15 is 0 Å². The Morgan fingerprint density at radius 3 is 2.73 bits per heavy atom. The average Bonchev–Trinajstić information content (AvgIpc) is 2.29. The van der Waals surface area contributed by atoms with Crippen molar-refractivity contribution in [1.82, 2.24) is 5.32 Å². The van der Waals surface area contributed by atoms with Gasteiger partial charge in [-0.1, -0.05) is 44.6 Å². The van der Waals surface area contributed by atoms with Crippen molar-refractivity contribution >= 4 is 0 Å². The maximum atomic E-state index is 3.33. The van der Waals surface area contributed by atoms with E-state index in [2.05, 4.69) is 51.4 Å². The monoisotopic (exact) mass is 207 g/mol. The smallest absolute Gasteiger partial charge is 0.000770 e. The van der Waals surface area contributed by atoms with E-state index in [9.17, 15) is 0 Å². The maximum absolute atomic E-state index is 3.33. The SMILES string of the molecule is CCC(C)(CNC)C(C)C1=CC=CCC1. The number of hydrogen-bond donors (Lipinski definition) is 1. The fourth-order valence-electron chi connectivity index (χ4n) is 2.42. The lowest BCUT2D eigenvalue weighted by Gasteiger charge is -2.37. The summed E-state index contributed by atoms with van der Waals surface area (Å²) in [4.78, 5) is 0. The van der Waals surface area contributed by atoms with Gasteiger partial charge in [-0.15, -0.1) is 0 Å². The van der Waals surface area contributed by atoms with Crippen molar-refractivity contribution in [2.24, 2.45) is 11.3 Å².